The van der Waals surface area contributed by atoms with Crippen LogP contribution in [0.15, 0.2) is 53.4 Å². The predicted molar refractivity (Wildman–Crippen MR) is 132 cm³/mol. The van der Waals surface area contributed by atoms with Crippen LogP contribution in [-0.4, -0.2) is 72.4 Å². The number of nitrogens with zero attached hydrogens (tertiary/aromatic N) is 1. The van der Waals surface area contributed by atoms with Gasteiger partial charge in [-0.15, -0.1) is 0 Å². The van der Waals surface area contributed by atoms with Gasteiger partial charge in [0.1, 0.15) is 11.5 Å². The highest BCUT2D eigenvalue weighted by Gasteiger charge is 2.52. The van der Waals surface area contributed by atoms with Crippen molar-refractivity contribution in [3.63, 3.8) is 0 Å². The molecule has 36 heavy (non-hydrogen) atoms. The molecule has 1 aliphatic heterocycles. The zero-order chi connectivity index (χ0) is 26.4. The van der Waals surface area contributed by atoms with Gasteiger partial charge < -0.3 is 14.2 Å². The maximum Gasteiger partial charge on any atom is 0.265 e. The minimum atomic E-state index is -4.14. The number of amides is 1. The van der Waals surface area contributed by atoms with Gasteiger partial charge in [-0.25, -0.2) is 22.3 Å². The normalized spacial score (nSPS) is 15.6. The van der Waals surface area contributed by atoms with Crippen molar-refractivity contribution in [1.29, 1.82) is 0 Å². The molecule has 1 saturated heterocycles. The van der Waals surface area contributed by atoms with Gasteiger partial charge in [-0.05, 0) is 67.8 Å². The Labute approximate surface area is 210 Å². The second-order valence-corrected chi connectivity index (χ2v) is 12.6. The molecule has 11 nitrogen and oxygen atoms in total. The minimum absolute atomic E-state index is 0.0738. The van der Waals surface area contributed by atoms with Crippen molar-refractivity contribution in [3.8, 4) is 11.5 Å². The van der Waals surface area contributed by atoms with Gasteiger partial charge >= 0.3 is 0 Å². The van der Waals surface area contributed by atoms with Gasteiger partial charge in [0.05, 0.1) is 30.1 Å². The van der Waals surface area contributed by atoms with E-state index in [1.165, 1.54) is 48.2 Å². The van der Waals surface area contributed by atoms with Crippen LogP contribution < -0.4 is 19.3 Å². The van der Waals surface area contributed by atoms with E-state index in [1.807, 2.05) is 0 Å². The number of carbonyl (C=O) groups is 1. The molecule has 2 aromatic carbocycles. The monoisotopic (exact) mass is 542 g/mol. The van der Waals surface area contributed by atoms with E-state index in [0.717, 1.165) is 0 Å². The molecule has 1 heterocycles. The summed E-state index contributed by atoms with van der Waals surface area (Å²) >= 11 is 0. The van der Waals surface area contributed by atoms with E-state index < -0.39 is 30.5 Å². The number of methoxy groups -OCH3 is 1. The van der Waals surface area contributed by atoms with Crippen molar-refractivity contribution < 1.29 is 41.0 Å². The molecule has 0 atom stereocenters. The van der Waals surface area contributed by atoms with Gasteiger partial charge in [0, 0.05) is 20.3 Å². The SMILES string of the molecule is COc1ccc(N(C)S(=O)(=O)CCCOc2ccc(S(=O)(=O)C3(C(=O)NO)CCOCC3)cc2)cc1. The Morgan fingerprint density at radius 1 is 1.03 bits per heavy atom. The number of anilines is 1. The Balaban J connectivity index is 1.59. The number of benzene rings is 2. The predicted octanol–water partition coefficient (Wildman–Crippen LogP) is 1.76. The lowest BCUT2D eigenvalue weighted by atomic mass is 9.98. The summed E-state index contributed by atoms with van der Waals surface area (Å²) in [5.74, 6) is -0.172. The third kappa shape index (κ3) is 5.75. The molecule has 3 rings (SSSR count). The number of rotatable bonds is 11. The summed E-state index contributed by atoms with van der Waals surface area (Å²) in [5, 5.41) is 9.13. The lowest BCUT2D eigenvalue weighted by Crippen LogP contribution is -2.54. The van der Waals surface area contributed by atoms with Crippen LogP contribution in [0, 0.1) is 0 Å². The molecule has 0 saturated carbocycles. The fraction of sp³-hybridized carbons (Fsp3) is 0.435. The molecule has 0 unspecified atom stereocenters. The second kappa shape index (κ2) is 11.5. The fourth-order valence-electron chi connectivity index (χ4n) is 3.88. The van der Waals surface area contributed by atoms with E-state index in [-0.39, 0.29) is 49.7 Å². The molecule has 1 fully saturated rings. The van der Waals surface area contributed by atoms with Gasteiger partial charge in [0.2, 0.25) is 10.0 Å². The Morgan fingerprint density at radius 3 is 2.17 bits per heavy atom. The summed E-state index contributed by atoms with van der Waals surface area (Å²) < 4.78 is 67.0. The van der Waals surface area contributed by atoms with Gasteiger partial charge in [0.25, 0.3) is 5.91 Å². The van der Waals surface area contributed by atoms with Crippen LogP contribution in [0.25, 0.3) is 0 Å². The van der Waals surface area contributed by atoms with Crippen molar-refractivity contribution in [2.24, 2.45) is 0 Å². The van der Waals surface area contributed by atoms with Gasteiger partial charge in [0.15, 0.2) is 14.6 Å². The Hall–Kier alpha value is -2.87. The van der Waals surface area contributed by atoms with E-state index in [4.69, 9.17) is 19.4 Å². The van der Waals surface area contributed by atoms with Crippen LogP contribution in [0.1, 0.15) is 19.3 Å². The number of sulfonamides is 1. The molecule has 2 N–H and O–H groups in total. The molecule has 2 aromatic rings. The van der Waals surface area contributed by atoms with Crippen molar-refractivity contribution >= 4 is 31.5 Å². The number of nitrogens with one attached hydrogen (secondary N) is 1. The first-order valence-electron chi connectivity index (χ1n) is 11.2. The lowest BCUT2D eigenvalue weighted by molar-refractivity contribution is -0.134. The standard InChI is InChI=1S/C23H30N2O9S2/c1-25(18-4-6-19(32-2)7-5-18)35(28,29)17-3-14-34-20-8-10-21(11-9-20)36(30,31)23(22(26)24-27)12-15-33-16-13-23/h4-11,27H,3,12-17H2,1-2H3,(H,24,26). The largest absolute Gasteiger partial charge is 0.497 e. The van der Waals surface area contributed by atoms with E-state index in [0.29, 0.717) is 17.2 Å². The lowest BCUT2D eigenvalue weighted by Gasteiger charge is -2.34. The number of sulfone groups is 1. The molecule has 0 spiro atoms. The smallest absolute Gasteiger partial charge is 0.265 e. The van der Waals surface area contributed by atoms with E-state index in [9.17, 15) is 21.6 Å². The van der Waals surface area contributed by atoms with Gasteiger partial charge in [-0.3, -0.25) is 14.3 Å². The van der Waals surface area contributed by atoms with Crippen molar-refractivity contribution in [2.45, 2.75) is 28.9 Å². The summed E-state index contributed by atoms with van der Waals surface area (Å²) in [6.07, 6.45) is 0.0432. The highest BCUT2D eigenvalue weighted by atomic mass is 32.2. The molecule has 0 aliphatic carbocycles. The highest BCUT2D eigenvalue weighted by Crippen LogP contribution is 2.35. The average Bonchev–Trinajstić information content (AvgIpc) is 2.90. The van der Waals surface area contributed by atoms with Crippen LogP contribution in [0.5, 0.6) is 11.5 Å². The molecule has 0 aromatic heterocycles. The van der Waals surface area contributed by atoms with Crippen LogP contribution in [0.4, 0.5) is 5.69 Å². The third-order valence-electron chi connectivity index (χ3n) is 6.13. The first-order chi connectivity index (χ1) is 17.1. The molecule has 198 valence electrons. The summed E-state index contributed by atoms with van der Waals surface area (Å²) in [5.41, 5.74) is 1.98. The van der Waals surface area contributed by atoms with Crippen LogP contribution in [0.2, 0.25) is 0 Å². The van der Waals surface area contributed by atoms with E-state index in [2.05, 4.69) is 0 Å². The molecule has 0 radical (unpaired) electrons. The number of hydrogen-bond acceptors (Lipinski definition) is 9. The van der Waals surface area contributed by atoms with Crippen molar-refractivity contribution in [2.75, 3.05) is 44.0 Å². The number of hydrogen-bond donors (Lipinski definition) is 2. The van der Waals surface area contributed by atoms with E-state index >= 15 is 0 Å². The molecule has 1 aliphatic rings. The topological polar surface area (TPSA) is 149 Å². The fourth-order valence-corrected chi connectivity index (χ4v) is 7.02. The van der Waals surface area contributed by atoms with Gasteiger partial charge in [-0.1, -0.05) is 0 Å². The van der Waals surface area contributed by atoms with Gasteiger partial charge in [-0.2, -0.15) is 0 Å². The summed E-state index contributed by atoms with van der Waals surface area (Å²) in [4.78, 5) is 12.2. The van der Waals surface area contributed by atoms with Crippen LogP contribution >= 0.6 is 0 Å². The summed E-state index contributed by atoms with van der Waals surface area (Å²) in [6.45, 7) is 0.241. The number of ether oxygens (including phenoxy) is 3. The summed E-state index contributed by atoms with van der Waals surface area (Å²) in [7, 11) is -4.72. The van der Waals surface area contributed by atoms with Crippen molar-refractivity contribution in [1.82, 2.24) is 5.48 Å². The van der Waals surface area contributed by atoms with E-state index in [1.54, 1.807) is 24.3 Å². The van der Waals surface area contributed by atoms with Crippen molar-refractivity contribution in [3.05, 3.63) is 48.5 Å². The zero-order valence-electron chi connectivity index (χ0n) is 20.0. The number of carbonyl (C=O) groups excluding carboxylic acids is 1. The summed E-state index contributed by atoms with van der Waals surface area (Å²) in [6, 6.07) is 12.2. The molecule has 0 bridgehead atoms. The van der Waals surface area contributed by atoms with Crippen LogP contribution in [0.3, 0.4) is 0 Å². The Morgan fingerprint density at radius 2 is 1.61 bits per heavy atom. The number of hydroxylamine groups is 1. The molecule has 13 heteroatoms. The maximum atomic E-state index is 13.3. The zero-order valence-corrected chi connectivity index (χ0v) is 21.7. The first-order valence-corrected chi connectivity index (χ1v) is 14.3. The Kier molecular flexibility index (Phi) is 8.82. The third-order valence-corrected chi connectivity index (χ3v) is 10.5. The highest BCUT2D eigenvalue weighted by molar-refractivity contribution is 7.93. The molecular weight excluding hydrogens is 512 g/mol. The average molecular weight is 543 g/mol. The Bertz CT molecular complexity index is 1240. The second-order valence-electron chi connectivity index (χ2n) is 8.21. The van der Waals surface area contributed by atoms with Crippen LogP contribution in [-0.2, 0) is 29.4 Å². The molecular formula is C23H30N2O9S2. The molecule has 1 amide bonds. The quantitative estimate of drug-likeness (QED) is 0.246. The first kappa shape index (κ1) is 27.7. The minimum Gasteiger partial charge on any atom is -0.497 e. The maximum absolute atomic E-state index is 13.3.